The molecule has 6 nitrogen and oxygen atoms in total. The Morgan fingerprint density at radius 2 is 1.81 bits per heavy atom. The summed E-state index contributed by atoms with van der Waals surface area (Å²) in [5.41, 5.74) is 1.74. The minimum atomic E-state index is -4.59. The molecule has 0 aliphatic carbocycles. The molecule has 0 bridgehead atoms. The number of nitrogens with zero attached hydrogens (tertiary/aromatic N) is 3. The number of allylic oxidation sites excluding steroid dienone is 2. The van der Waals surface area contributed by atoms with Gasteiger partial charge in [-0.25, -0.2) is 10.8 Å². The Morgan fingerprint density at radius 3 is 2.26 bits per heavy atom. The third kappa shape index (κ3) is 5.55. The number of aryl methyl sites for hydroxylation is 2. The van der Waals surface area contributed by atoms with E-state index in [2.05, 4.69) is 16.9 Å². The highest BCUT2D eigenvalue weighted by molar-refractivity contribution is 5.82. The van der Waals surface area contributed by atoms with Crippen LogP contribution in [0.3, 0.4) is 0 Å². The Kier molecular flexibility index (Phi) is 7.32. The smallest absolute Gasteiger partial charge is 0.323 e. The average Bonchev–Trinajstić information content (AvgIpc) is 3.08. The molecule has 168 valence electrons. The molecule has 0 spiro atoms. The first kappa shape index (κ1) is 24.2. The number of amides is 1. The topological polar surface area (TPSA) is 76.2 Å². The number of hydrogen-bond acceptors (Lipinski definition) is 4. The second-order valence-corrected chi connectivity index (χ2v) is 7.61. The van der Waals surface area contributed by atoms with Crippen LogP contribution >= 0.6 is 0 Å². The van der Waals surface area contributed by atoms with Gasteiger partial charge in [0.15, 0.2) is 5.69 Å². The lowest BCUT2D eigenvalue weighted by atomic mass is 10.1. The van der Waals surface area contributed by atoms with Gasteiger partial charge in [0.2, 0.25) is 5.91 Å². The van der Waals surface area contributed by atoms with Crippen LogP contribution in [0.25, 0.3) is 0 Å². The van der Waals surface area contributed by atoms with Crippen molar-refractivity contribution in [1.82, 2.24) is 14.9 Å². The number of rotatable bonds is 7. The maximum absolute atomic E-state index is 13.0. The van der Waals surface area contributed by atoms with E-state index in [0.717, 1.165) is 17.4 Å². The van der Waals surface area contributed by atoms with E-state index in [9.17, 15) is 18.0 Å². The lowest BCUT2D eigenvalue weighted by Gasteiger charge is -2.28. The molecule has 1 atom stereocenters. The zero-order chi connectivity index (χ0) is 23.5. The fraction of sp³-hybridized carbons (Fsp3) is 0.364. The monoisotopic (exact) mass is 435 g/mol. The number of alkyl halides is 3. The number of benzene rings is 1. The Hall–Kier alpha value is -3.07. The first-order valence-corrected chi connectivity index (χ1v) is 9.78. The molecule has 31 heavy (non-hydrogen) atoms. The second kappa shape index (κ2) is 9.38. The standard InChI is InChI=1S/C22H28F3N5O/c1-7-18(20(13(2)3)30(26)17-10-8-14(4)9-11-17)28-21(31)15(5)29-12-19(22(23,24)25)27-16(29)6/h7-13,15H,1,26H2,2-6H3,(H,28,31)/b20-18+. The van der Waals surface area contributed by atoms with Crippen molar-refractivity contribution in [3.63, 3.8) is 0 Å². The molecule has 2 rings (SSSR count). The number of hydrazine groups is 1. The molecule has 2 aromatic rings. The number of carbonyl (C=O) groups is 1. The van der Waals surface area contributed by atoms with Crippen LogP contribution in [0.15, 0.2) is 54.5 Å². The van der Waals surface area contributed by atoms with E-state index < -0.39 is 23.8 Å². The fourth-order valence-corrected chi connectivity index (χ4v) is 3.16. The normalized spacial score (nSPS) is 13.6. The Bertz CT molecular complexity index is 974. The van der Waals surface area contributed by atoms with Crippen molar-refractivity contribution in [2.45, 2.75) is 46.8 Å². The molecular weight excluding hydrogens is 407 g/mol. The predicted octanol–water partition coefficient (Wildman–Crippen LogP) is 4.63. The first-order valence-electron chi connectivity index (χ1n) is 9.78. The van der Waals surface area contributed by atoms with E-state index in [1.807, 2.05) is 45.0 Å². The van der Waals surface area contributed by atoms with Gasteiger partial charge in [-0.05, 0) is 44.9 Å². The molecule has 0 radical (unpaired) electrons. The van der Waals surface area contributed by atoms with E-state index in [4.69, 9.17) is 5.84 Å². The second-order valence-electron chi connectivity index (χ2n) is 7.61. The van der Waals surface area contributed by atoms with Crippen molar-refractivity contribution >= 4 is 11.6 Å². The summed E-state index contributed by atoms with van der Waals surface area (Å²) in [7, 11) is 0. The van der Waals surface area contributed by atoms with Gasteiger partial charge < -0.3 is 9.88 Å². The van der Waals surface area contributed by atoms with Crippen LogP contribution in [0, 0.1) is 19.8 Å². The molecule has 9 heteroatoms. The summed E-state index contributed by atoms with van der Waals surface area (Å²) < 4.78 is 40.1. The summed E-state index contributed by atoms with van der Waals surface area (Å²) in [6.45, 7) is 12.5. The summed E-state index contributed by atoms with van der Waals surface area (Å²) in [5.74, 6) is 5.83. The van der Waals surface area contributed by atoms with Crippen molar-refractivity contribution < 1.29 is 18.0 Å². The van der Waals surface area contributed by atoms with Gasteiger partial charge in [-0.15, -0.1) is 0 Å². The van der Waals surface area contributed by atoms with Gasteiger partial charge in [0.1, 0.15) is 11.9 Å². The zero-order valence-electron chi connectivity index (χ0n) is 18.3. The lowest BCUT2D eigenvalue weighted by Crippen LogP contribution is -2.38. The maximum Gasteiger partial charge on any atom is 0.434 e. The number of imidazole rings is 1. The van der Waals surface area contributed by atoms with Crippen LogP contribution < -0.4 is 16.2 Å². The molecule has 0 fully saturated rings. The number of aromatic nitrogens is 2. The lowest BCUT2D eigenvalue weighted by molar-refractivity contribution is -0.141. The minimum Gasteiger partial charge on any atom is -0.323 e. The Balaban J connectivity index is 2.36. The fourth-order valence-electron chi connectivity index (χ4n) is 3.16. The highest BCUT2D eigenvalue weighted by Crippen LogP contribution is 2.29. The number of nitrogens with one attached hydrogen (secondary N) is 1. The van der Waals surface area contributed by atoms with Crippen molar-refractivity contribution in [3.8, 4) is 0 Å². The largest absolute Gasteiger partial charge is 0.434 e. The molecule has 1 amide bonds. The molecule has 1 aromatic carbocycles. The molecular formula is C22H28F3N5O. The summed E-state index contributed by atoms with van der Waals surface area (Å²) in [6, 6.07) is 6.62. The summed E-state index contributed by atoms with van der Waals surface area (Å²) in [4.78, 5) is 16.4. The average molecular weight is 435 g/mol. The number of nitrogens with two attached hydrogens (primary N) is 1. The van der Waals surface area contributed by atoms with Gasteiger partial charge in [0.05, 0.1) is 17.1 Å². The van der Waals surface area contributed by atoms with Crippen LogP contribution in [-0.2, 0) is 11.0 Å². The van der Waals surface area contributed by atoms with Gasteiger partial charge in [0, 0.05) is 6.20 Å². The third-order valence-electron chi connectivity index (χ3n) is 4.86. The molecule has 1 aromatic heterocycles. The molecule has 0 saturated carbocycles. The van der Waals surface area contributed by atoms with E-state index in [-0.39, 0.29) is 11.7 Å². The van der Waals surface area contributed by atoms with Crippen molar-refractivity contribution in [3.05, 3.63) is 71.6 Å². The molecule has 1 unspecified atom stereocenters. The quantitative estimate of drug-likeness (QED) is 0.378. The number of hydrogen-bond donors (Lipinski definition) is 2. The van der Waals surface area contributed by atoms with Gasteiger partial charge >= 0.3 is 6.18 Å². The molecule has 0 aliphatic rings. The van der Waals surface area contributed by atoms with Gasteiger partial charge in [0.25, 0.3) is 0 Å². The van der Waals surface area contributed by atoms with Crippen molar-refractivity contribution in [1.29, 1.82) is 0 Å². The molecule has 0 aliphatic heterocycles. The SMILES string of the molecule is C=C/C(NC(=O)C(C)n1cc(C(F)(F)F)nc1C)=C(/C(C)C)N(N)c1ccc(C)cc1. The van der Waals surface area contributed by atoms with Gasteiger partial charge in [-0.2, -0.15) is 13.2 Å². The van der Waals surface area contributed by atoms with Crippen LogP contribution in [-0.4, -0.2) is 15.5 Å². The van der Waals surface area contributed by atoms with E-state index in [1.54, 1.807) is 0 Å². The Labute approximate surface area is 180 Å². The van der Waals surface area contributed by atoms with Crippen LogP contribution in [0.1, 0.15) is 43.9 Å². The predicted molar refractivity (Wildman–Crippen MR) is 115 cm³/mol. The minimum absolute atomic E-state index is 0.0817. The molecule has 0 saturated heterocycles. The highest BCUT2D eigenvalue weighted by atomic mass is 19.4. The van der Waals surface area contributed by atoms with E-state index >= 15 is 0 Å². The molecule has 1 heterocycles. The van der Waals surface area contributed by atoms with Crippen molar-refractivity contribution in [2.24, 2.45) is 11.8 Å². The Morgan fingerprint density at radius 1 is 1.23 bits per heavy atom. The number of anilines is 1. The zero-order valence-corrected chi connectivity index (χ0v) is 18.3. The maximum atomic E-state index is 13.0. The highest BCUT2D eigenvalue weighted by Gasteiger charge is 2.35. The number of carbonyl (C=O) groups excluding carboxylic acids is 1. The van der Waals surface area contributed by atoms with E-state index in [1.165, 1.54) is 29.5 Å². The van der Waals surface area contributed by atoms with Crippen LogP contribution in [0.5, 0.6) is 0 Å². The van der Waals surface area contributed by atoms with Gasteiger partial charge in [-0.3, -0.25) is 9.80 Å². The van der Waals surface area contributed by atoms with E-state index in [0.29, 0.717) is 11.4 Å². The van der Waals surface area contributed by atoms with Gasteiger partial charge in [-0.1, -0.05) is 38.1 Å². The number of halogens is 3. The third-order valence-corrected chi connectivity index (χ3v) is 4.86. The summed E-state index contributed by atoms with van der Waals surface area (Å²) in [6.07, 6.45) is -2.28. The summed E-state index contributed by atoms with van der Waals surface area (Å²) in [5, 5.41) is 4.22. The summed E-state index contributed by atoms with van der Waals surface area (Å²) >= 11 is 0. The first-order chi connectivity index (χ1) is 14.4. The molecule has 3 N–H and O–H groups in total. The van der Waals surface area contributed by atoms with Crippen molar-refractivity contribution in [2.75, 3.05) is 5.01 Å². The van der Waals surface area contributed by atoms with Crippen LogP contribution in [0.4, 0.5) is 18.9 Å². The van der Waals surface area contributed by atoms with Crippen LogP contribution in [0.2, 0.25) is 0 Å².